The number of esters is 1. The van der Waals surface area contributed by atoms with Gasteiger partial charge in [-0.05, 0) is 60.8 Å². The zero-order chi connectivity index (χ0) is 17.1. The number of carbonyl (C=O) groups excluding carboxylic acids is 2. The summed E-state index contributed by atoms with van der Waals surface area (Å²) in [5.41, 5.74) is -1.24. The van der Waals surface area contributed by atoms with Gasteiger partial charge in [-0.25, -0.2) is 9.59 Å². The van der Waals surface area contributed by atoms with Gasteiger partial charge >= 0.3 is 12.1 Å². The lowest BCUT2D eigenvalue weighted by Gasteiger charge is -2.32. The number of aliphatic hydroxyl groups is 1. The molecule has 0 aromatic carbocycles. The van der Waals surface area contributed by atoms with Crippen LogP contribution in [0.15, 0.2) is 0 Å². The largest absolute Gasteiger partial charge is 0.458 e. The molecule has 0 aromatic heterocycles. The Kier molecular flexibility index (Phi) is 5.84. The molecule has 0 bridgehead atoms. The van der Waals surface area contributed by atoms with E-state index in [9.17, 15) is 14.7 Å². The van der Waals surface area contributed by atoms with E-state index < -0.39 is 29.3 Å². The lowest BCUT2D eigenvalue weighted by atomic mass is 10.1. The molecule has 1 N–H and O–H groups in total. The molecule has 1 rings (SSSR count). The molecule has 1 fully saturated rings. The van der Waals surface area contributed by atoms with E-state index in [1.165, 1.54) is 4.90 Å². The molecule has 2 atom stereocenters. The van der Waals surface area contributed by atoms with E-state index >= 15 is 0 Å². The molecule has 128 valence electrons. The molecular weight excluding hydrogens is 286 g/mol. The molecule has 1 aliphatic heterocycles. The van der Waals surface area contributed by atoms with E-state index in [1.54, 1.807) is 41.5 Å². The fourth-order valence-corrected chi connectivity index (χ4v) is 2.51. The smallest absolute Gasteiger partial charge is 0.411 e. The summed E-state index contributed by atoms with van der Waals surface area (Å²) < 4.78 is 10.8. The fourth-order valence-electron chi connectivity index (χ4n) is 2.51. The summed E-state index contributed by atoms with van der Waals surface area (Å²) in [6, 6.07) is -0.844. The molecule has 1 unspecified atom stereocenters. The van der Waals surface area contributed by atoms with Gasteiger partial charge in [-0.3, -0.25) is 4.90 Å². The zero-order valence-electron chi connectivity index (χ0n) is 14.5. The molecular formula is C16H29NO5. The van der Waals surface area contributed by atoms with Crippen molar-refractivity contribution in [1.82, 2.24) is 4.90 Å². The van der Waals surface area contributed by atoms with Gasteiger partial charge < -0.3 is 14.6 Å². The van der Waals surface area contributed by atoms with E-state index in [2.05, 4.69) is 0 Å². The van der Waals surface area contributed by atoms with Gasteiger partial charge in [0.1, 0.15) is 17.2 Å². The van der Waals surface area contributed by atoms with Crippen LogP contribution in [0.3, 0.4) is 0 Å². The molecule has 1 amide bonds. The van der Waals surface area contributed by atoms with E-state index in [0.717, 1.165) is 0 Å². The molecule has 0 spiro atoms. The minimum atomic E-state index is -0.648. The van der Waals surface area contributed by atoms with Crippen molar-refractivity contribution in [2.75, 3.05) is 6.61 Å². The average molecular weight is 315 g/mol. The van der Waals surface area contributed by atoms with Crippen LogP contribution in [0.5, 0.6) is 0 Å². The van der Waals surface area contributed by atoms with Crippen LogP contribution in [0.1, 0.15) is 60.8 Å². The average Bonchev–Trinajstić information content (AvgIpc) is 2.68. The summed E-state index contributed by atoms with van der Waals surface area (Å²) in [7, 11) is 0. The van der Waals surface area contributed by atoms with E-state index in [0.29, 0.717) is 19.3 Å². The quantitative estimate of drug-likeness (QED) is 0.810. The van der Waals surface area contributed by atoms with Gasteiger partial charge in [-0.15, -0.1) is 0 Å². The first-order valence-electron chi connectivity index (χ1n) is 7.79. The van der Waals surface area contributed by atoms with Crippen LogP contribution >= 0.6 is 0 Å². The third-order valence-corrected chi connectivity index (χ3v) is 3.25. The van der Waals surface area contributed by atoms with Crippen molar-refractivity contribution >= 4 is 12.1 Å². The predicted octanol–water partition coefficient (Wildman–Crippen LogP) is 2.48. The van der Waals surface area contributed by atoms with Crippen LogP contribution in [0.25, 0.3) is 0 Å². The van der Waals surface area contributed by atoms with Gasteiger partial charge in [0.15, 0.2) is 0 Å². The molecule has 0 aromatic rings. The molecule has 0 radical (unpaired) electrons. The first kappa shape index (κ1) is 18.7. The lowest BCUT2D eigenvalue weighted by molar-refractivity contribution is -0.160. The summed E-state index contributed by atoms with van der Waals surface area (Å²) in [6.07, 6.45) is 1.08. The number of rotatable bonds is 3. The number of hydrogen-bond acceptors (Lipinski definition) is 5. The van der Waals surface area contributed by atoms with Gasteiger partial charge in [0.2, 0.25) is 0 Å². The maximum Gasteiger partial charge on any atom is 0.411 e. The Balaban J connectivity index is 2.91. The Morgan fingerprint density at radius 3 is 2.05 bits per heavy atom. The highest BCUT2D eigenvalue weighted by Crippen LogP contribution is 2.30. The standard InChI is InChI=1S/C16H29NO5/c1-15(2,3)21-13(19)12-8-7-11(9-10-18)17(12)14(20)22-16(4,5)6/h11-12,18H,7-10H2,1-6H3/t11?,12-/m0/s1. The van der Waals surface area contributed by atoms with Gasteiger partial charge in [-0.1, -0.05) is 0 Å². The minimum absolute atomic E-state index is 0.0367. The highest BCUT2D eigenvalue weighted by Gasteiger charge is 2.44. The Labute approximate surface area is 132 Å². The number of carbonyl (C=O) groups is 2. The van der Waals surface area contributed by atoms with Crippen LogP contribution < -0.4 is 0 Å². The van der Waals surface area contributed by atoms with E-state index in [1.807, 2.05) is 0 Å². The molecule has 22 heavy (non-hydrogen) atoms. The monoisotopic (exact) mass is 315 g/mol. The summed E-state index contributed by atoms with van der Waals surface area (Å²) in [5.74, 6) is -0.418. The van der Waals surface area contributed by atoms with Gasteiger partial charge in [0, 0.05) is 12.6 Å². The van der Waals surface area contributed by atoms with E-state index in [4.69, 9.17) is 9.47 Å². The van der Waals surface area contributed by atoms with Crippen LogP contribution in [-0.2, 0) is 14.3 Å². The molecule has 1 heterocycles. The van der Waals surface area contributed by atoms with Gasteiger partial charge in [0.05, 0.1) is 0 Å². The molecule has 6 nitrogen and oxygen atoms in total. The van der Waals surface area contributed by atoms with Crippen molar-refractivity contribution in [2.24, 2.45) is 0 Å². The molecule has 1 aliphatic rings. The summed E-state index contributed by atoms with van der Waals surface area (Å²) in [6.45, 7) is 10.7. The Hall–Kier alpha value is -1.30. The SMILES string of the molecule is CC(C)(C)OC(=O)[C@@H]1CCC(CCO)N1C(=O)OC(C)(C)C. The van der Waals surface area contributed by atoms with Crippen molar-refractivity contribution < 1.29 is 24.2 Å². The molecule has 0 aliphatic carbocycles. The van der Waals surface area contributed by atoms with Crippen molar-refractivity contribution in [3.05, 3.63) is 0 Å². The number of amides is 1. The third kappa shape index (κ3) is 5.48. The summed E-state index contributed by atoms with van der Waals surface area (Å²) in [4.78, 5) is 26.2. The van der Waals surface area contributed by atoms with Crippen LogP contribution in [0, 0.1) is 0 Å². The molecule has 6 heteroatoms. The van der Waals surface area contributed by atoms with Crippen molar-refractivity contribution in [3.8, 4) is 0 Å². The lowest BCUT2D eigenvalue weighted by Crippen LogP contribution is -2.49. The van der Waals surface area contributed by atoms with Gasteiger partial charge in [-0.2, -0.15) is 0 Å². The maximum atomic E-state index is 12.4. The van der Waals surface area contributed by atoms with Crippen molar-refractivity contribution in [2.45, 2.75) is 84.1 Å². The first-order chi connectivity index (χ1) is 9.94. The van der Waals surface area contributed by atoms with Crippen LogP contribution in [0.4, 0.5) is 4.79 Å². The first-order valence-corrected chi connectivity index (χ1v) is 7.79. The highest BCUT2D eigenvalue weighted by molar-refractivity contribution is 5.82. The van der Waals surface area contributed by atoms with Crippen LogP contribution in [0.2, 0.25) is 0 Å². The summed E-state index contributed by atoms with van der Waals surface area (Å²) >= 11 is 0. The molecule has 0 saturated carbocycles. The highest BCUT2D eigenvalue weighted by atomic mass is 16.6. The number of nitrogens with zero attached hydrogens (tertiary/aromatic N) is 1. The zero-order valence-corrected chi connectivity index (χ0v) is 14.5. The number of likely N-dealkylation sites (tertiary alicyclic amines) is 1. The molecule has 1 saturated heterocycles. The Bertz CT molecular complexity index is 408. The number of ether oxygens (including phenoxy) is 2. The minimum Gasteiger partial charge on any atom is -0.458 e. The third-order valence-electron chi connectivity index (χ3n) is 3.25. The normalized spacial score (nSPS) is 22.6. The van der Waals surface area contributed by atoms with Crippen molar-refractivity contribution in [3.63, 3.8) is 0 Å². The Morgan fingerprint density at radius 1 is 1.05 bits per heavy atom. The topological polar surface area (TPSA) is 76.1 Å². The Morgan fingerprint density at radius 2 is 1.59 bits per heavy atom. The second-order valence-electron chi connectivity index (χ2n) is 7.68. The van der Waals surface area contributed by atoms with E-state index in [-0.39, 0.29) is 12.6 Å². The second kappa shape index (κ2) is 6.86. The number of aliphatic hydroxyl groups excluding tert-OH is 1. The fraction of sp³-hybridized carbons (Fsp3) is 0.875. The predicted molar refractivity (Wildman–Crippen MR) is 82.4 cm³/mol. The van der Waals surface area contributed by atoms with Crippen molar-refractivity contribution in [1.29, 1.82) is 0 Å². The number of hydrogen-bond donors (Lipinski definition) is 1. The summed E-state index contributed by atoms with van der Waals surface area (Å²) in [5, 5.41) is 9.18. The maximum absolute atomic E-state index is 12.4. The second-order valence-corrected chi connectivity index (χ2v) is 7.68. The van der Waals surface area contributed by atoms with Crippen LogP contribution in [-0.4, -0.2) is 52.0 Å². The van der Waals surface area contributed by atoms with Gasteiger partial charge in [0.25, 0.3) is 0 Å².